The normalized spacial score (nSPS) is 29.5. The Kier molecular flexibility index (Phi) is 3.33. The van der Waals surface area contributed by atoms with Crippen molar-refractivity contribution in [2.75, 3.05) is 0 Å². The van der Waals surface area contributed by atoms with Gasteiger partial charge in [-0.25, -0.2) is 9.05 Å². The van der Waals surface area contributed by atoms with Crippen LogP contribution in [0.3, 0.4) is 0 Å². The third-order valence-corrected chi connectivity index (χ3v) is 5.72. The first-order valence-electron chi connectivity index (χ1n) is 5.29. The first-order chi connectivity index (χ1) is 6.65. The van der Waals surface area contributed by atoms with Gasteiger partial charge in [-0.15, -0.1) is 0 Å². The predicted molar refractivity (Wildman–Crippen MR) is 61.5 cm³/mol. The number of rotatable bonds is 2. The Hall–Kier alpha value is 0.0500. The molecule has 1 atom stereocenters. The van der Waals surface area contributed by atoms with E-state index in [-0.39, 0.29) is 5.66 Å². The molecule has 1 heterocycles. The quantitative estimate of drug-likeness (QED) is 0.543. The highest BCUT2D eigenvalue weighted by atomic mass is 31.2. The molecule has 1 unspecified atom stereocenters. The minimum absolute atomic E-state index is 0.191. The Balaban J connectivity index is 2.93. The zero-order valence-corrected chi connectivity index (χ0v) is 11.3. The summed E-state index contributed by atoms with van der Waals surface area (Å²) < 4.78 is 11.3. The van der Waals surface area contributed by atoms with Gasteiger partial charge in [-0.2, -0.15) is 0 Å². The molecule has 1 rings (SSSR count). The van der Waals surface area contributed by atoms with Gasteiger partial charge in [-0.3, -0.25) is 0 Å². The van der Waals surface area contributed by atoms with Crippen molar-refractivity contribution in [3.63, 3.8) is 0 Å². The summed E-state index contributed by atoms with van der Waals surface area (Å²) in [5.74, 6) is 0. The average molecular weight is 232 g/mol. The van der Waals surface area contributed by atoms with E-state index < -0.39 is 19.1 Å². The van der Waals surface area contributed by atoms with E-state index in [1.807, 2.05) is 53.7 Å². The molecule has 0 aromatic carbocycles. The fourth-order valence-electron chi connectivity index (χ4n) is 1.42. The third kappa shape index (κ3) is 2.26. The SMILES string of the molecule is C/C=C\C(C)[P+]1([O-])OC(C)(C)C(C)(C)O1. The maximum Gasteiger partial charge on any atom is 0.246 e. The highest BCUT2D eigenvalue weighted by Crippen LogP contribution is 2.69. The van der Waals surface area contributed by atoms with Gasteiger partial charge in [0, 0.05) is 0 Å². The largest absolute Gasteiger partial charge is 0.631 e. The van der Waals surface area contributed by atoms with Crippen molar-refractivity contribution in [3.8, 4) is 0 Å². The van der Waals surface area contributed by atoms with Gasteiger partial charge in [-0.1, -0.05) is 6.08 Å². The molecular weight excluding hydrogens is 211 g/mol. The van der Waals surface area contributed by atoms with E-state index in [1.54, 1.807) is 0 Å². The molecule has 0 spiro atoms. The highest BCUT2D eigenvalue weighted by molar-refractivity contribution is 7.60. The molecule has 1 fully saturated rings. The smallest absolute Gasteiger partial charge is 0.246 e. The first-order valence-corrected chi connectivity index (χ1v) is 6.90. The second kappa shape index (κ2) is 3.81. The van der Waals surface area contributed by atoms with E-state index in [1.165, 1.54) is 0 Å². The van der Waals surface area contributed by atoms with Crippen LogP contribution in [0.25, 0.3) is 0 Å². The summed E-state index contributed by atoms with van der Waals surface area (Å²) in [6.07, 6.45) is 3.73. The van der Waals surface area contributed by atoms with Gasteiger partial charge in [0.2, 0.25) is 7.94 Å². The predicted octanol–water partition coefficient (Wildman–Crippen LogP) is 2.68. The van der Waals surface area contributed by atoms with Crippen molar-refractivity contribution in [2.24, 2.45) is 0 Å². The summed E-state index contributed by atoms with van der Waals surface area (Å²) in [5.41, 5.74) is -1.22. The van der Waals surface area contributed by atoms with Gasteiger partial charge in [0.25, 0.3) is 0 Å². The zero-order chi connectivity index (χ0) is 11.9. The van der Waals surface area contributed by atoms with Crippen molar-refractivity contribution in [3.05, 3.63) is 12.2 Å². The van der Waals surface area contributed by atoms with Gasteiger partial charge in [0.1, 0.15) is 16.9 Å². The van der Waals surface area contributed by atoms with Crippen molar-refractivity contribution in [2.45, 2.75) is 58.4 Å². The van der Waals surface area contributed by atoms with Crippen LogP contribution in [0.4, 0.5) is 0 Å². The summed E-state index contributed by atoms with van der Waals surface area (Å²) in [4.78, 5) is 12.4. The monoisotopic (exact) mass is 232 g/mol. The average Bonchev–Trinajstić information content (AvgIpc) is 2.17. The standard InChI is InChI=1S/C11H21O3P/c1-7-8-9(2)15(12)13-10(3,4)11(5,6)14-15/h7-9H,1-6H3/b8-7-. The maximum absolute atomic E-state index is 12.4. The lowest BCUT2D eigenvalue weighted by molar-refractivity contribution is -0.213. The molecule has 1 aliphatic rings. The number of hydrogen-bond donors (Lipinski definition) is 0. The summed E-state index contributed by atoms with van der Waals surface area (Å²) in [6.45, 7) is 11.4. The molecule has 88 valence electrons. The van der Waals surface area contributed by atoms with Crippen LogP contribution in [-0.4, -0.2) is 16.9 Å². The molecule has 4 heteroatoms. The van der Waals surface area contributed by atoms with Crippen LogP contribution in [0.5, 0.6) is 0 Å². The topological polar surface area (TPSA) is 41.5 Å². The zero-order valence-electron chi connectivity index (χ0n) is 10.4. The highest BCUT2D eigenvalue weighted by Gasteiger charge is 2.61. The van der Waals surface area contributed by atoms with Crippen molar-refractivity contribution >= 4 is 7.94 Å². The Labute approximate surface area is 93.1 Å². The van der Waals surface area contributed by atoms with E-state index >= 15 is 0 Å². The molecule has 0 bridgehead atoms. The van der Waals surface area contributed by atoms with Gasteiger partial charge < -0.3 is 4.89 Å². The van der Waals surface area contributed by atoms with E-state index in [9.17, 15) is 4.89 Å². The number of hydrogen-bond acceptors (Lipinski definition) is 3. The van der Waals surface area contributed by atoms with Crippen LogP contribution in [-0.2, 0) is 9.05 Å². The lowest BCUT2D eigenvalue weighted by Crippen LogP contribution is -2.41. The lowest BCUT2D eigenvalue weighted by Gasteiger charge is -2.26. The minimum Gasteiger partial charge on any atom is -0.631 e. The maximum atomic E-state index is 12.4. The number of allylic oxidation sites excluding steroid dienone is 2. The van der Waals surface area contributed by atoms with Gasteiger partial charge in [0.15, 0.2) is 0 Å². The molecule has 0 saturated carbocycles. The van der Waals surface area contributed by atoms with Crippen molar-refractivity contribution in [1.29, 1.82) is 0 Å². The Bertz CT molecular complexity index is 255. The fraction of sp³-hybridized carbons (Fsp3) is 0.818. The van der Waals surface area contributed by atoms with Crippen LogP contribution in [0, 0.1) is 0 Å². The van der Waals surface area contributed by atoms with Crippen molar-refractivity contribution < 1.29 is 13.9 Å². The summed E-state index contributed by atoms with van der Waals surface area (Å²) in [7, 11) is -3.01. The molecule has 0 N–H and O–H groups in total. The summed E-state index contributed by atoms with van der Waals surface area (Å²) >= 11 is 0. The second-order valence-electron chi connectivity index (χ2n) is 5.01. The van der Waals surface area contributed by atoms with E-state index in [0.717, 1.165) is 0 Å². The molecule has 1 aliphatic heterocycles. The molecule has 0 aliphatic carbocycles. The van der Waals surface area contributed by atoms with Crippen LogP contribution in [0.2, 0.25) is 0 Å². The summed E-state index contributed by atoms with van der Waals surface area (Å²) in [6, 6.07) is 0. The van der Waals surface area contributed by atoms with Gasteiger partial charge >= 0.3 is 0 Å². The van der Waals surface area contributed by atoms with E-state index in [4.69, 9.17) is 9.05 Å². The molecule has 0 amide bonds. The molecular formula is C11H21O3P. The Morgan fingerprint density at radius 1 is 1.13 bits per heavy atom. The fourth-order valence-corrected chi connectivity index (χ4v) is 3.89. The molecule has 0 aromatic rings. The summed E-state index contributed by atoms with van der Waals surface area (Å²) in [5, 5.41) is 0. The van der Waals surface area contributed by atoms with Crippen LogP contribution in [0.1, 0.15) is 41.5 Å². The lowest BCUT2D eigenvalue weighted by atomic mass is 9.90. The van der Waals surface area contributed by atoms with E-state index in [2.05, 4.69) is 0 Å². The molecule has 1 saturated heterocycles. The molecule has 15 heavy (non-hydrogen) atoms. The van der Waals surface area contributed by atoms with Gasteiger partial charge in [-0.05, 0) is 47.6 Å². The first kappa shape index (κ1) is 13.1. The van der Waals surface area contributed by atoms with E-state index in [0.29, 0.717) is 0 Å². The minimum atomic E-state index is -3.01. The second-order valence-corrected chi connectivity index (χ2v) is 7.27. The Morgan fingerprint density at radius 3 is 1.87 bits per heavy atom. The Morgan fingerprint density at radius 2 is 1.53 bits per heavy atom. The van der Waals surface area contributed by atoms with Gasteiger partial charge in [0.05, 0.1) is 0 Å². The van der Waals surface area contributed by atoms with Crippen molar-refractivity contribution in [1.82, 2.24) is 0 Å². The molecule has 3 nitrogen and oxygen atoms in total. The van der Waals surface area contributed by atoms with Crippen LogP contribution < -0.4 is 4.89 Å². The molecule has 0 radical (unpaired) electrons. The van der Waals surface area contributed by atoms with Crippen LogP contribution in [0.15, 0.2) is 12.2 Å². The molecule has 0 aromatic heterocycles. The van der Waals surface area contributed by atoms with Crippen LogP contribution >= 0.6 is 7.94 Å². The third-order valence-electron chi connectivity index (χ3n) is 3.13.